The Hall–Kier alpha value is -0.0300. The molecule has 2 rings (SSSR count). The Labute approximate surface area is 160 Å². The number of hydrogen-bond acceptors (Lipinski definition) is 3. The van der Waals surface area contributed by atoms with Crippen LogP contribution >= 0.6 is 24.8 Å². The molecule has 4 nitrogen and oxygen atoms in total. The molecule has 0 radical (unpaired) electrons. The molecule has 2 saturated carbocycles. The van der Waals surface area contributed by atoms with E-state index in [2.05, 4.69) is 24.1 Å². The second kappa shape index (κ2) is 12.3. The minimum Gasteiger partial charge on any atom is -0.353 e. The summed E-state index contributed by atoms with van der Waals surface area (Å²) >= 11 is 0. The minimum atomic E-state index is 0. The molecule has 0 saturated heterocycles. The number of rotatable bonds is 7. The number of carbonyl (C=O) groups is 1. The number of nitrogens with two attached hydrogens (primary N) is 1. The highest BCUT2D eigenvalue weighted by Gasteiger charge is 2.35. The summed E-state index contributed by atoms with van der Waals surface area (Å²) in [6, 6.07) is 0.376. The molecule has 6 heteroatoms. The summed E-state index contributed by atoms with van der Waals surface area (Å²) < 4.78 is 0. The van der Waals surface area contributed by atoms with Crippen LogP contribution in [0, 0.1) is 17.8 Å². The molecule has 0 aromatic rings. The number of carbonyl (C=O) groups excluding carboxylic acids is 1. The molecule has 2 fully saturated rings. The molecule has 1 amide bonds. The van der Waals surface area contributed by atoms with Crippen molar-refractivity contribution in [3.63, 3.8) is 0 Å². The molecule has 0 heterocycles. The van der Waals surface area contributed by atoms with Crippen molar-refractivity contribution in [1.82, 2.24) is 10.2 Å². The summed E-state index contributed by atoms with van der Waals surface area (Å²) in [7, 11) is 0. The summed E-state index contributed by atoms with van der Waals surface area (Å²) in [6.07, 6.45) is 8.29. The predicted octanol–water partition coefficient (Wildman–Crippen LogP) is 3.22. The van der Waals surface area contributed by atoms with Gasteiger partial charge in [-0.3, -0.25) is 4.79 Å². The Kier molecular flexibility index (Phi) is 12.3. The van der Waals surface area contributed by atoms with Crippen LogP contribution in [0.5, 0.6) is 0 Å². The van der Waals surface area contributed by atoms with E-state index < -0.39 is 0 Å². The lowest BCUT2D eigenvalue weighted by Gasteiger charge is -2.36. The van der Waals surface area contributed by atoms with E-state index >= 15 is 0 Å². The lowest BCUT2D eigenvalue weighted by Crippen LogP contribution is -2.48. The fourth-order valence-corrected chi connectivity index (χ4v) is 4.38. The van der Waals surface area contributed by atoms with Gasteiger partial charge < -0.3 is 16.0 Å². The highest BCUT2D eigenvalue weighted by Crippen LogP contribution is 2.32. The Balaban J connectivity index is 0.00000264. The molecular weight excluding hydrogens is 345 g/mol. The van der Waals surface area contributed by atoms with Gasteiger partial charge in [0.2, 0.25) is 5.91 Å². The first-order chi connectivity index (χ1) is 10.7. The molecule has 144 valence electrons. The number of hydrogen-bond donors (Lipinski definition) is 2. The fourth-order valence-electron chi connectivity index (χ4n) is 4.38. The molecule has 2 unspecified atom stereocenters. The topological polar surface area (TPSA) is 58.4 Å². The summed E-state index contributed by atoms with van der Waals surface area (Å²) in [5.74, 6) is 1.48. The summed E-state index contributed by atoms with van der Waals surface area (Å²) in [5.41, 5.74) is 5.84. The second-order valence-corrected chi connectivity index (χ2v) is 7.18. The normalized spacial score (nSPS) is 29.7. The number of nitrogens with one attached hydrogen (secondary N) is 1. The standard InChI is InChI=1S/C18H35N3O.2ClH/c1-3-21(4-2)13-15-8-5-6-11-17(15)20-18(22)16-10-7-9-14(16)12-19;;/h14-17H,3-13,19H2,1-2H3,(H,20,22);2*1H/t14-,15?,16-,17?;;/m1../s1. The molecule has 0 aliphatic heterocycles. The Morgan fingerprint density at radius 1 is 1.00 bits per heavy atom. The van der Waals surface area contributed by atoms with Gasteiger partial charge in [0.15, 0.2) is 0 Å². The number of amides is 1. The number of halogens is 2. The van der Waals surface area contributed by atoms with Crippen molar-refractivity contribution in [2.75, 3.05) is 26.2 Å². The van der Waals surface area contributed by atoms with E-state index in [1.165, 1.54) is 19.3 Å². The van der Waals surface area contributed by atoms with E-state index in [1.807, 2.05) is 0 Å². The van der Waals surface area contributed by atoms with Crippen LogP contribution in [0.15, 0.2) is 0 Å². The Bertz CT molecular complexity index is 353. The van der Waals surface area contributed by atoms with Crippen LogP contribution in [0.3, 0.4) is 0 Å². The molecule has 2 aliphatic carbocycles. The monoisotopic (exact) mass is 381 g/mol. The van der Waals surface area contributed by atoms with Gasteiger partial charge in [0, 0.05) is 18.5 Å². The molecule has 2 aliphatic rings. The Morgan fingerprint density at radius 3 is 2.25 bits per heavy atom. The SMILES string of the molecule is CCN(CC)CC1CCCCC1NC(=O)[C@@H]1CCC[C@@H]1CN.Cl.Cl. The molecule has 4 atom stereocenters. The molecule has 3 N–H and O–H groups in total. The van der Waals surface area contributed by atoms with Gasteiger partial charge in [0.25, 0.3) is 0 Å². The third-order valence-electron chi connectivity index (χ3n) is 5.92. The van der Waals surface area contributed by atoms with Crippen LogP contribution in [-0.2, 0) is 4.79 Å². The summed E-state index contributed by atoms with van der Waals surface area (Å²) in [6.45, 7) is 8.44. The van der Waals surface area contributed by atoms with Crippen molar-refractivity contribution in [1.29, 1.82) is 0 Å². The van der Waals surface area contributed by atoms with Crippen molar-refractivity contribution in [2.45, 2.75) is 64.8 Å². The number of nitrogens with zero attached hydrogens (tertiary/aromatic N) is 1. The van der Waals surface area contributed by atoms with Gasteiger partial charge in [-0.1, -0.05) is 33.1 Å². The van der Waals surface area contributed by atoms with Gasteiger partial charge in [0.1, 0.15) is 0 Å². The largest absolute Gasteiger partial charge is 0.353 e. The highest BCUT2D eigenvalue weighted by atomic mass is 35.5. The molecular formula is C18H37Cl2N3O. The van der Waals surface area contributed by atoms with Gasteiger partial charge in [-0.15, -0.1) is 24.8 Å². The van der Waals surface area contributed by atoms with Crippen LogP contribution < -0.4 is 11.1 Å². The zero-order valence-corrected chi connectivity index (χ0v) is 17.0. The average molecular weight is 382 g/mol. The van der Waals surface area contributed by atoms with E-state index in [1.54, 1.807) is 0 Å². The lowest BCUT2D eigenvalue weighted by molar-refractivity contribution is -0.127. The van der Waals surface area contributed by atoms with Gasteiger partial charge in [-0.25, -0.2) is 0 Å². The summed E-state index contributed by atoms with van der Waals surface area (Å²) in [5, 5.41) is 3.41. The van der Waals surface area contributed by atoms with E-state index in [9.17, 15) is 4.79 Å². The molecule has 0 bridgehead atoms. The quantitative estimate of drug-likeness (QED) is 0.711. The van der Waals surface area contributed by atoms with Crippen molar-refractivity contribution < 1.29 is 4.79 Å². The van der Waals surface area contributed by atoms with Crippen molar-refractivity contribution in [3.05, 3.63) is 0 Å². The van der Waals surface area contributed by atoms with Crippen LogP contribution in [0.25, 0.3) is 0 Å². The highest BCUT2D eigenvalue weighted by molar-refractivity contribution is 5.85. The van der Waals surface area contributed by atoms with Crippen LogP contribution in [-0.4, -0.2) is 43.0 Å². The maximum Gasteiger partial charge on any atom is 0.223 e. The lowest BCUT2D eigenvalue weighted by atomic mass is 9.83. The first-order valence-corrected chi connectivity index (χ1v) is 9.42. The zero-order valence-electron chi connectivity index (χ0n) is 15.3. The van der Waals surface area contributed by atoms with Crippen LogP contribution in [0.4, 0.5) is 0 Å². The summed E-state index contributed by atoms with van der Waals surface area (Å²) in [4.78, 5) is 15.2. The molecule has 0 aromatic carbocycles. The molecule has 0 aromatic heterocycles. The van der Waals surface area contributed by atoms with Gasteiger partial charge >= 0.3 is 0 Å². The maximum atomic E-state index is 12.7. The van der Waals surface area contributed by atoms with E-state index in [0.29, 0.717) is 24.4 Å². The van der Waals surface area contributed by atoms with Crippen molar-refractivity contribution in [2.24, 2.45) is 23.5 Å². The van der Waals surface area contributed by atoms with E-state index in [0.717, 1.165) is 45.3 Å². The van der Waals surface area contributed by atoms with Crippen molar-refractivity contribution in [3.8, 4) is 0 Å². The smallest absolute Gasteiger partial charge is 0.223 e. The average Bonchev–Trinajstić information content (AvgIpc) is 3.02. The molecule has 24 heavy (non-hydrogen) atoms. The maximum absolute atomic E-state index is 12.7. The third-order valence-corrected chi connectivity index (χ3v) is 5.92. The second-order valence-electron chi connectivity index (χ2n) is 7.18. The fraction of sp³-hybridized carbons (Fsp3) is 0.944. The first-order valence-electron chi connectivity index (χ1n) is 9.42. The van der Waals surface area contributed by atoms with Crippen LogP contribution in [0.1, 0.15) is 58.8 Å². The van der Waals surface area contributed by atoms with Gasteiger partial charge in [-0.2, -0.15) is 0 Å². The van der Waals surface area contributed by atoms with Crippen molar-refractivity contribution >= 4 is 30.7 Å². The van der Waals surface area contributed by atoms with Crippen LogP contribution in [0.2, 0.25) is 0 Å². The third kappa shape index (κ3) is 6.36. The van der Waals surface area contributed by atoms with E-state index in [-0.39, 0.29) is 36.6 Å². The van der Waals surface area contributed by atoms with E-state index in [4.69, 9.17) is 5.73 Å². The zero-order chi connectivity index (χ0) is 15.9. The van der Waals surface area contributed by atoms with Gasteiger partial charge in [0.05, 0.1) is 0 Å². The predicted molar refractivity (Wildman–Crippen MR) is 106 cm³/mol. The molecule has 0 spiro atoms. The van der Waals surface area contributed by atoms with Gasteiger partial charge in [-0.05, 0) is 57.2 Å². The Morgan fingerprint density at radius 2 is 1.62 bits per heavy atom. The minimum absolute atomic E-state index is 0. The first kappa shape index (κ1) is 24.0.